The van der Waals surface area contributed by atoms with E-state index in [4.69, 9.17) is 0 Å². The summed E-state index contributed by atoms with van der Waals surface area (Å²) in [6.07, 6.45) is 5.69. The van der Waals surface area contributed by atoms with Crippen LogP contribution in [0.5, 0.6) is 0 Å². The third-order valence-electron chi connectivity index (χ3n) is 4.03. The Balaban J connectivity index is 1.82. The predicted molar refractivity (Wildman–Crippen MR) is 79.5 cm³/mol. The molecular weight excluding hydrogens is 270 g/mol. The summed E-state index contributed by atoms with van der Waals surface area (Å²) < 4.78 is 2.02. The zero-order valence-corrected chi connectivity index (χ0v) is 12.9. The van der Waals surface area contributed by atoms with Gasteiger partial charge in [-0.1, -0.05) is 11.6 Å². The molecule has 3 rings (SSSR count). The molecule has 2 aromatic heterocycles. The Labute approximate surface area is 123 Å². The summed E-state index contributed by atoms with van der Waals surface area (Å²) in [6.45, 7) is 7.12. The number of piperidine rings is 1. The van der Waals surface area contributed by atoms with Gasteiger partial charge in [-0.25, -0.2) is 9.67 Å². The minimum Gasteiger partial charge on any atom is -0.288 e. The summed E-state index contributed by atoms with van der Waals surface area (Å²) in [5.41, 5.74) is 2.30. The van der Waals surface area contributed by atoms with Crippen LogP contribution in [0.25, 0.3) is 0 Å². The van der Waals surface area contributed by atoms with Crippen LogP contribution in [0.2, 0.25) is 0 Å². The molecule has 1 aliphatic rings. The maximum absolute atomic E-state index is 4.52. The molecule has 1 saturated heterocycles. The van der Waals surface area contributed by atoms with Gasteiger partial charge in [0.15, 0.2) is 0 Å². The van der Waals surface area contributed by atoms with Gasteiger partial charge in [0.1, 0.15) is 5.01 Å². The molecule has 0 bridgehead atoms. The van der Waals surface area contributed by atoms with Crippen molar-refractivity contribution in [3.05, 3.63) is 28.0 Å². The first-order chi connectivity index (χ1) is 9.79. The number of aromatic nitrogens is 4. The van der Waals surface area contributed by atoms with Gasteiger partial charge < -0.3 is 0 Å². The number of nitrogens with zero attached hydrogens (tertiary/aromatic N) is 5. The van der Waals surface area contributed by atoms with Crippen molar-refractivity contribution in [1.29, 1.82) is 0 Å². The second-order valence-corrected chi connectivity index (χ2v) is 6.22. The second kappa shape index (κ2) is 6.01. The van der Waals surface area contributed by atoms with Gasteiger partial charge in [-0.3, -0.25) is 4.90 Å². The number of hydrogen-bond donors (Lipinski definition) is 0. The lowest BCUT2D eigenvalue weighted by atomic mass is 10.0. The van der Waals surface area contributed by atoms with E-state index < -0.39 is 0 Å². The Morgan fingerprint density at radius 3 is 3.05 bits per heavy atom. The third-order valence-corrected chi connectivity index (χ3v) is 4.91. The van der Waals surface area contributed by atoms with Crippen LogP contribution in [0.4, 0.5) is 0 Å². The zero-order valence-electron chi connectivity index (χ0n) is 12.1. The van der Waals surface area contributed by atoms with E-state index in [1.807, 2.05) is 10.9 Å². The van der Waals surface area contributed by atoms with Crippen LogP contribution >= 0.6 is 11.3 Å². The van der Waals surface area contributed by atoms with Crippen molar-refractivity contribution in [2.75, 3.05) is 6.54 Å². The molecule has 1 unspecified atom stereocenters. The Bertz CT molecular complexity index is 548. The molecule has 0 saturated carbocycles. The topological polar surface area (TPSA) is 46.8 Å². The minimum absolute atomic E-state index is 0.461. The fourth-order valence-corrected chi connectivity index (χ4v) is 3.73. The first-order valence-corrected chi connectivity index (χ1v) is 8.20. The van der Waals surface area contributed by atoms with Gasteiger partial charge in [0.2, 0.25) is 0 Å². The first kappa shape index (κ1) is 13.7. The second-order valence-electron chi connectivity index (χ2n) is 5.29. The van der Waals surface area contributed by atoms with Crippen molar-refractivity contribution in [3.8, 4) is 0 Å². The summed E-state index contributed by atoms with van der Waals surface area (Å²) in [5, 5.41) is 11.8. The summed E-state index contributed by atoms with van der Waals surface area (Å²) in [5.74, 6) is 0. The monoisotopic (exact) mass is 291 g/mol. The minimum atomic E-state index is 0.461. The molecule has 0 N–H and O–H groups in total. The number of likely N-dealkylation sites (tertiary alicyclic amines) is 1. The molecule has 3 heterocycles. The van der Waals surface area contributed by atoms with Crippen LogP contribution in [0.1, 0.15) is 48.6 Å². The number of rotatable bonds is 4. The molecule has 20 heavy (non-hydrogen) atoms. The maximum Gasteiger partial charge on any atom is 0.110 e. The fraction of sp³-hybridized carbons (Fsp3) is 0.643. The van der Waals surface area contributed by atoms with Crippen molar-refractivity contribution in [1.82, 2.24) is 24.9 Å². The van der Waals surface area contributed by atoms with Gasteiger partial charge >= 0.3 is 0 Å². The lowest BCUT2D eigenvalue weighted by Gasteiger charge is -2.34. The number of thiazole rings is 1. The van der Waals surface area contributed by atoms with Gasteiger partial charge in [0.25, 0.3) is 0 Å². The normalized spacial score (nSPS) is 20.4. The Morgan fingerprint density at radius 1 is 1.40 bits per heavy atom. The summed E-state index contributed by atoms with van der Waals surface area (Å²) in [4.78, 5) is 7.07. The maximum atomic E-state index is 4.52. The van der Waals surface area contributed by atoms with Gasteiger partial charge in [-0.15, -0.1) is 16.4 Å². The summed E-state index contributed by atoms with van der Waals surface area (Å²) in [6, 6.07) is 0.461. The van der Waals surface area contributed by atoms with Gasteiger partial charge in [0.05, 0.1) is 17.4 Å². The molecule has 108 valence electrons. The van der Waals surface area contributed by atoms with Crippen molar-refractivity contribution in [2.24, 2.45) is 0 Å². The fourth-order valence-electron chi connectivity index (χ4n) is 2.92. The van der Waals surface area contributed by atoms with E-state index in [1.165, 1.54) is 30.0 Å². The highest BCUT2D eigenvalue weighted by Gasteiger charge is 2.27. The summed E-state index contributed by atoms with van der Waals surface area (Å²) in [7, 11) is 0. The van der Waals surface area contributed by atoms with Crippen LogP contribution in [0.15, 0.2) is 11.6 Å². The molecule has 1 atom stereocenters. The molecule has 6 heteroatoms. The standard InChI is InChI=1S/C14H21N5S/c1-3-19-13(11(2)16-17-19)10-18-8-5-4-6-12(18)14-15-7-9-20-14/h7,9,12H,3-6,8,10H2,1-2H3. The number of aryl methyl sites for hydroxylation is 2. The molecule has 0 amide bonds. The quantitative estimate of drug-likeness (QED) is 0.869. The van der Waals surface area contributed by atoms with Crippen LogP contribution in [0, 0.1) is 6.92 Å². The van der Waals surface area contributed by atoms with Gasteiger partial charge in [0, 0.05) is 24.7 Å². The molecule has 5 nitrogen and oxygen atoms in total. The zero-order chi connectivity index (χ0) is 13.9. The lowest BCUT2D eigenvalue weighted by molar-refractivity contribution is 0.136. The predicted octanol–water partition coefficient (Wildman–Crippen LogP) is 2.79. The Morgan fingerprint density at radius 2 is 2.30 bits per heavy atom. The molecule has 0 aromatic carbocycles. The highest BCUT2D eigenvalue weighted by molar-refractivity contribution is 7.09. The highest BCUT2D eigenvalue weighted by Crippen LogP contribution is 2.33. The largest absolute Gasteiger partial charge is 0.288 e. The highest BCUT2D eigenvalue weighted by atomic mass is 32.1. The first-order valence-electron chi connectivity index (χ1n) is 7.32. The van der Waals surface area contributed by atoms with Crippen LogP contribution in [0.3, 0.4) is 0 Å². The average molecular weight is 291 g/mol. The average Bonchev–Trinajstić information content (AvgIpc) is 3.11. The smallest absolute Gasteiger partial charge is 0.110 e. The molecule has 0 aliphatic carbocycles. The number of hydrogen-bond acceptors (Lipinski definition) is 5. The van der Waals surface area contributed by atoms with E-state index in [9.17, 15) is 0 Å². The van der Waals surface area contributed by atoms with Crippen LogP contribution in [-0.2, 0) is 13.1 Å². The van der Waals surface area contributed by atoms with Crippen molar-refractivity contribution in [2.45, 2.75) is 52.2 Å². The van der Waals surface area contributed by atoms with E-state index in [0.29, 0.717) is 6.04 Å². The van der Waals surface area contributed by atoms with Crippen LogP contribution in [-0.4, -0.2) is 31.4 Å². The Hall–Kier alpha value is -1.27. The Kier molecular flexibility index (Phi) is 4.12. The summed E-state index contributed by atoms with van der Waals surface area (Å²) >= 11 is 1.77. The lowest BCUT2D eigenvalue weighted by Crippen LogP contribution is -2.33. The van der Waals surface area contributed by atoms with Crippen molar-refractivity contribution in [3.63, 3.8) is 0 Å². The van der Waals surface area contributed by atoms with Crippen molar-refractivity contribution < 1.29 is 0 Å². The van der Waals surface area contributed by atoms with Crippen LogP contribution < -0.4 is 0 Å². The van der Waals surface area contributed by atoms with Gasteiger partial charge in [-0.05, 0) is 33.2 Å². The van der Waals surface area contributed by atoms with Gasteiger partial charge in [-0.2, -0.15) is 0 Å². The molecule has 0 spiro atoms. The van der Waals surface area contributed by atoms with E-state index in [0.717, 1.165) is 25.3 Å². The molecule has 1 aliphatic heterocycles. The molecule has 1 fully saturated rings. The van der Waals surface area contributed by atoms with E-state index in [-0.39, 0.29) is 0 Å². The molecular formula is C14H21N5S. The van der Waals surface area contributed by atoms with E-state index in [1.54, 1.807) is 11.3 Å². The van der Waals surface area contributed by atoms with E-state index >= 15 is 0 Å². The SMILES string of the molecule is CCn1nnc(C)c1CN1CCCCC1c1nccs1. The third kappa shape index (κ3) is 2.62. The molecule has 2 aromatic rings. The van der Waals surface area contributed by atoms with Crippen molar-refractivity contribution >= 4 is 11.3 Å². The molecule has 0 radical (unpaired) electrons. The van der Waals surface area contributed by atoms with E-state index in [2.05, 4.69) is 39.4 Å².